The maximum Gasteiger partial charge on any atom is 0.268 e. The van der Waals surface area contributed by atoms with Crippen molar-refractivity contribution in [2.24, 2.45) is 11.8 Å². The molecule has 0 fully saturated rings. The summed E-state index contributed by atoms with van der Waals surface area (Å²) in [6, 6.07) is 0. The first-order valence-corrected chi connectivity index (χ1v) is 12.4. The quantitative estimate of drug-likeness (QED) is 0.332. The van der Waals surface area contributed by atoms with Crippen LogP contribution in [0.2, 0.25) is 0 Å². The van der Waals surface area contributed by atoms with Crippen molar-refractivity contribution in [3.05, 3.63) is 0 Å². The summed E-state index contributed by atoms with van der Waals surface area (Å²) in [6.45, 7) is 7.48. The van der Waals surface area contributed by atoms with E-state index in [4.69, 9.17) is 0 Å². The molecular formula is C17H36O6S2. The van der Waals surface area contributed by atoms with Gasteiger partial charge in [-0.1, -0.05) is 72.6 Å². The lowest BCUT2D eigenvalue weighted by atomic mass is 9.82. The Morgan fingerprint density at radius 2 is 1.12 bits per heavy atom. The lowest BCUT2D eigenvalue weighted by Crippen LogP contribution is -2.40. The van der Waals surface area contributed by atoms with Crippen molar-refractivity contribution < 1.29 is 25.9 Å². The van der Waals surface area contributed by atoms with Crippen LogP contribution in [0.5, 0.6) is 0 Å². The highest BCUT2D eigenvalue weighted by Crippen LogP contribution is 2.34. The predicted octanol–water partition coefficient (Wildman–Crippen LogP) is 4.32. The molecule has 0 bridgehead atoms. The van der Waals surface area contributed by atoms with E-state index < -0.39 is 42.6 Å². The second-order valence-electron chi connectivity index (χ2n) is 7.03. The molecule has 0 radical (unpaired) electrons. The van der Waals surface area contributed by atoms with Crippen molar-refractivity contribution in [2.45, 2.75) is 96.0 Å². The molecule has 0 aromatic rings. The fourth-order valence-corrected chi connectivity index (χ4v) is 6.26. The molecule has 0 aromatic heterocycles. The lowest BCUT2D eigenvalue weighted by molar-refractivity contribution is 0.275. The second kappa shape index (κ2) is 11.5. The minimum atomic E-state index is -4.28. The van der Waals surface area contributed by atoms with Crippen LogP contribution in [0.3, 0.4) is 0 Å². The monoisotopic (exact) mass is 400 g/mol. The van der Waals surface area contributed by atoms with Crippen molar-refractivity contribution >= 4 is 20.2 Å². The fourth-order valence-electron chi connectivity index (χ4n) is 3.71. The van der Waals surface area contributed by atoms with Gasteiger partial charge in [-0.15, -0.1) is 0 Å². The summed E-state index contributed by atoms with van der Waals surface area (Å²) in [5.74, 6) is -1.06. The molecule has 0 aliphatic carbocycles. The van der Waals surface area contributed by atoms with Gasteiger partial charge in [0.05, 0.1) is 10.5 Å². The maximum absolute atomic E-state index is 11.9. The SMILES string of the molecule is CCCCCC(C(C)C(CC)C(CCCCC)S(=O)(=O)O)S(=O)(=O)O. The van der Waals surface area contributed by atoms with Crippen LogP contribution in [-0.2, 0) is 20.2 Å². The molecule has 0 aliphatic rings. The van der Waals surface area contributed by atoms with E-state index in [1.807, 2.05) is 13.8 Å². The van der Waals surface area contributed by atoms with E-state index >= 15 is 0 Å². The Bertz CT molecular complexity index is 556. The zero-order valence-electron chi connectivity index (χ0n) is 16.0. The van der Waals surface area contributed by atoms with Crippen LogP contribution in [0.4, 0.5) is 0 Å². The lowest BCUT2D eigenvalue weighted by Gasteiger charge is -2.33. The Kier molecular flexibility index (Phi) is 11.4. The first kappa shape index (κ1) is 24.8. The van der Waals surface area contributed by atoms with Gasteiger partial charge in [-0.25, -0.2) is 0 Å². The average molecular weight is 401 g/mol. The van der Waals surface area contributed by atoms with E-state index in [-0.39, 0.29) is 0 Å². The first-order valence-electron chi connectivity index (χ1n) is 9.43. The van der Waals surface area contributed by atoms with Gasteiger partial charge in [-0.2, -0.15) is 16.8 Å². The summed E-state index contributed by atoms with van der Waals surface area (Å²) in [5.41, 5.74) is 0. The number of rotatable bonds is 14. The minimum Gasteiger partial charge on any atom is -0.285 e. The Hall–Kier alpha value is -0.180. The molecule has 2 N–H and O–H groups in total. The van der Waals surface area contributed by atoms with Crippen molar-refractivity contribution in [1.29, 1.82) is 0 Å². The number of hydrogen-bond donors (Lipinski definition) is 2. The van der Waals surface area contributed by atoms with Crippen molar-refractivity contribution in [3.63, 3.8) is 0 Å². The largest absolute Gasteiger partial charge is 0.285 e. The van der Waals surface area contributed by atoms with Crippen LogP contribution < -0.4 is 0 Å². The third kappa shape index (κ3) is 8.84. The second-order valence-corrected chi connectivity index (χ2v) is 10.3. The molecule has 25 heavy (non-hydrogen) atoms. The Morgan fingerprint density at radius 1 is 0.720 bits per heavy atom. The highest BCUT2D eigenvalue weighted by atomic mass is 32.2. The third-order valence-corrected chi connectivity index (χ3v) is 7.94. The molecule has 8 heteroatoms. The first-order chi connectivity index (χ1) is 11.5. The Morgan fingerprint density at radius 3 is 1.44 bits per heavy atom. The topological polar surface area (TPSA) is 109 Å². The zero-order valence-corrected chi connectivity index (χ0v) is 17.7. The minimum absolute atomic E-state index is 0.303. The third-order valence-electron chi connectivity index (χ3n) is 5.16. The van der Waals surface area contributed by atoms with Gasteiger partial charge in [0.25, 0.3) is 20.2 Å². The molecule has 0 amide bonds. The molecule has 4 unspecified atom stereocenters. The summed E-state index contributed by atoms with van der Waals surface area (Å²) in [5, 5.41) is -1.99. The van der Waals surface area contributed by atoms with Crippen LogP contribution in [0.25, 0.3) is 0 Å². The van der Waals surface area contributed by atoms with E-state index in [1.54, 1.807) is 13.8 Å². The van der Waals surface area contributed by atoms with Gasteiger partial charge in [-0.3, -0.25) is 9.11 Å². The summed E-state index contributed by atoms with van der Waals surface area (Å²) >= 11 is 0. The Labute approximate surface area is 154 Å². The predicted molar refractivity (Wildman–Crippen MR) is 102 cm³/mol. The highest BCUT2D eigenvalue weighted by molar-refractivity contribution is 7.86. The molecule has 0 saturated carbocycles. The molecule has 0 aromatic carbocycles. The van der Waals surface area contributed by atoms with Gasteiger partial charge in [0, 0.05) is 0 Å². The normalized spacial score (nSPS) is 17.8. The summed E-state index contributed by atoms with van der Waals surface area (Å²) in [7, 11) is -8.56. The fraction of sp³-hybridized carbons (Fsp3) is 1.00. The maximum atomic E-state index is 11.9. The molecule has 6 nitrogen and oxygen atoms in total. The molecule has 152 valence electrons. The number of hydrogen-bond acceptors (Lipinski definition) is 4. The summed E-state index contributed by atoms with van der Waals surface area (Å²) in [6.07, 6.45) is 5.93. The van der Waals surface area contributed by atoms with Crippen LogP contribution in [0, 0.1) is 11.8 Å². The zero-order chi connectivity index (χ0) is 19.7. The van der Waals surface area contributed by atoms with Crippen LogP contribution >= 0.6 is 0 Å². The highest BCUT2D eigenvalue weighted by Gasteiger charge is 2.40. The van der Waals surface area contributed by atoms with Crippen molar-refractivity contribution in [1.82, 2.24) is 0 Å². The van der Waals surface area contributed by atoms with Crippen molar-refractivity contribution in [3.8, 4) is 0 Å². The van der Waals surface area contributed by atoms with E-state index in [0.717, 1.165) is 25.7 Å². The van der Waals surface area contributed by atoms with Gasteiger partial charge in [0.1, 0.15) is 0 Å². The summed E-state index contributed by atoms with van der Waals surface area (Å²) in [4.78, 5) is 0. The van der Waals surface area contributed by atoms with Crippen LogP contribution in [-0.4, -0.2) is 36.4 Å². The molecule has 0 aliphatic heterocycles. The van der Waals surface area contributed by atoms with Gasteiger partial charge in [-0.05, 0) is 24.7 Å². The van der Waals surface area contributed by atoms with E-state index in [0.29, 0.717) is 32.1 Å². The van der Waals surface area contributed by atoms with Crippen molar-refractivity contribution in [2.75, 3.05) is 0 Å². The van der Waals surface area contributed by atoms with Crippen LogP contribution in [0.15, 0.2) is 0 Å². The summed E-state index contributed by atoms with van der Waals surface area (Å²) < 4.78 is 66.9. The molecule has 4 atom stereocenters. The van der Waals surface area contributed by atoms with Crippen LogP contribution in [0.1, 0.15) is 85.5 Å². The van der Waals surface area contributed by atoms with Gasteiger partial charge in [0.15, 0.2) is 0 Å². The van der Waals surface area contributed by atoms with Gasteiger partial charge in [0.2, 0.25) is 0 Å². The molecular weight excluding hydrogens is 364 g/mol. The smallest absolute Gasteiger partial charge is 0.268 e. The standard InChI is InChI=1S/C17H36O6S2/c1-5-8-10-12-16(24(18,19)20)14(4)15(7-3)17(25(21,22)23)13-11-9-6-2/h14-17H,5-13H2,1-4H3,(H,18,19,20)(H,21,22,23). The van der Waals surface area contributed by atoms with E-state index in [1.165, 1.54) is 0 Å². The Balaban J connectivity index is 5.50. The number of unbranched alkanes of at least 4 members (excludes halogenated alkanes) is 4. The van der Waals surface area contributed by atoms with E-state index in [9.17, 15) is 25.9 Å². The molecule has 0 heterocycles. The van der Waals surface area contributed by atoms with Gasteiger partial charge < -0.3 is 0 Å². The molecule has 0 rings (SSSR count). The molecule has 0 spiro atoms. The average Bonchev–Trinajstić information content (AvgIpc) is 2.48. The van der Waals surface area contributed by atoms with Gasteiger partial charge >= 0.3 is 0 Å². The van der Waals surface area contributed by atoms with E-state index in [2.05, 4.69) is 0 Å². The molecule has 0 saturated heterocycles.